The number of nitrogens with one attached hydrogen (secondary N) is 1. The van der Waals surface area contributed by atoms with Crippen LogP contribution in [0.3, 0.4) is 0 Å². The third-order valence-corrected chi connectivity index (χ3v) is 6.61. The van der Waals surface area contributed by atoms with Crippen molar-refractivity contribution in [3.05, 3.63) is 52.6 Å². The van der Waals surface area contributed by atoms with Gasteiger partial charge < -0.3 is 14.8 Å². The summed E-state index contributed by atoms with van der Waals surface area (Å²) in [6.45, 7) is 3.99. The van der Waals surface area contributed by atoms with Gasteiger partial charge >= 0.3 is 0 Å². The Morgan fingerprint density at radius 1 is 1.20 bits per heavy atom. The van der Waals surface area contributed by atoms with Crippen molar-refractivity contribution >= 4 is 45.8 Å². The van der Waals surface area contributed by atoms with Gasteiger partial charge in [0.05, 0.1) is 30.9 Å². The molecule has 2 aromatic rings. The van der Waals surface area contributed by atoms with Gasteiger partial charge in [0.1, 0.15) is 22.4 Å². The molecular weight excluding hydrogens is 472 g/mol. The van der Waals surface area contributed by atoms with Crippen LogP contribution >= 0.6 is 11.8 Å². The van der Waals surface area contributed by atoms with Crippen LogP contribution in [0, 0.1) is 10.1 Å². The summed E-state index contributed by atoms with van der Waals surface area (Å²) >= 11 is 1.22. The highest BCUT2D eigenvalue weighted by molar-refractivity contribution is 8.15. The first-order valence-electron chi connectivity index (χ1n) is 11.1. The first-order valence-corrected chi connectivity index (χ1v) is 12.0. The summed E-state index contributed by atoms with van der Waals surface area (Å²) in [6.07, 6.45) is 1.52. The lowest BCUT2D eigenvalue weighted by Crippen LogP contribution is -2.40. The third-order valence-electron chi connectivity index (χ3n) is 5.46. The number of rotatable bonds is 10. The molecule has 1 fully saturated rings. The summed E-state index contributed by atoms with van der Waals surface area (Å²) in [5.41, 5.74) is 0.413. The van der Waals surface area contributed by atoms with Crippen molar-refractivity contribution < 1.29 is 24.0 Å². The number of amides is 2. The fourth-order valence-corrected chi connectivity index (χ4v) is 4.92. The van der Waals surface area contributed by atoms with E-state index in [-0.39, 0.29) is 29.7 Å². The number of nitro groups is 1. The second-order valence-corrected chi connectivity index (χ2v) is 9.11. The van der Waals surface area contributed by atoms with Gasteiger partial charge in [-0.25, -0.2) is 4.99 Å². The smallest absolute Gasteiger partial charge is 0.296 e. The van der Waals surface area contributed by atoms with Crippen molar-refractivity contribution in [2.24, 2.45) is 4.99 Å². The van der Waals surface area contributed by atoms with Gasteiger partial charge in [-0.1, -0.05) is 25.1 Å². The molecule has 11 heteroatoms. The third kappa shape index (κ3) is 6.30. The van der Waals surface area contributed by atoms with Crippen molar-refractivity contribution in [2.75, 3.05) is 19.5 Å². The number of aliphatic imine (C=N–C) groups is 1. The van der Waals surface area contributed by atoms with E-state index in [1.807, 2.05) is 13.8 Å². The molecule has 3 rings (SSSR count). The largest absolute Gasteiger partial charge is 0.497 e. The van der Waals surface area contributed by atoms with E-state index in [4.69, 9.17) is 9.47 Å². The average molecular weight is 501 g/mol. The van der Waals surface area contributed by atoms with Crippen LogP contribution < -0.4 is 14.8 Å². The number of thioether (sulfide) groups is 1. The van der Waals surface area contributed by atoms with Crippen LogP contribution in [0.25, 0.3) is 0 Å². The van der Waals surface area contributed by atoms with E-state index in [1.165, 1.54) is 37.1 Å². The number of anilines is 1. The molecule has 1 aliphatic heterocycles. The minimum Gasteiger partial charge on any atom is -0.497 e. The van der Waals surface area contributed by atoms with Gasteiger partial charge in [0, 0.05) is 12.5 Å². The number of ether oxygens (including phenoxy) is 2. The lowest BCUT2D eigenvalue weighted by atomic mass is 10.1. The fraction of sp³-hybridized carbons (Fsp3) is 0.375. The lowest BCUT2D eigenvalue weighted by Gasteiger charge is -2.24. The molecule has 35 heavy (non-hydrogen) atoms. The molecule has 2 atom stereocenters. The number of benzene rings is 2. The maximum atomic E-state index is 13.3. The zero-order valence-corrected chi connectivity index (χ0v) is 20.8. The molecule has 1 aliphatic rings. The van der Waals surface area contributed by atoms with E-state index < -0.39 is 16.1 Å². The summed E-state index contributed by atoms with van der Waals surface area (Å²) in [5, 5.41) is 13.8. The van der Waals surface area contributed by atoms with E-state index in [1.54, 1.807) is 36.3 Å². The monoisotopic (exact) mass is 500 g/mol. The van der Waals surface area contributed by atoms with Gasteiger partial charge in [-0.3, -0.25) is 24.6 Å². The van der Waals surface area contributed by atoms with Crippen LogP contribution in [0.4, 0.5) is 17.1 Å². The lowest BCUT2D eigenvalue weighted by molar-refractivity contribution is -0.384. The van der Waals surface area contributed by atoms with Crippen LogP contribution in [-0.2, 0) is 9.59 Å². The molecule has 0 bridgehead atoms. The number of carbonyl (C=O) groups excluding carboxylic acids is 2. The number of carbonyl (C=O) groups is 2. The van der Waals surface area contributed by atoms with Crippen molar-refractivity contribution in [1.82, 2.24) is 4.90 Å². The van der Waals surface area contributed by atoms with Gasteiger partial charge in [0.25, 0.3) is 5.69 Å². The summed E-state index contributed by atoms with van der Waals surface area (Å²) in [6, 6.07) is 11.2. The van der Waals surface area contributed by atoms with E-state index >= 15 is 0 Å². The molecule has 1 N–H and O–H groups in total. The standard InChI is InChI=1S/C24H28N4O6S/c1-5-6-15(2)27-23(30)21(35-24(27)25-16-7-9-17(33-3)10-8-16)14-22(29)26-19-12-11-18(34-4)13-20(19)28(31)32/h7-13,15,21H,5-6,14H2,1-4H3,(H,26,29)/t15-,21-/m1/s1. The summed E-state index contributed by atoms with van der Waals surface area (Å²) in [4.78, 5) is 43.2. The molecule has 186 valence electrons. The van der Waals surface area contributed by atoms with Crippen molar-refractivity contribution in [3.63, 3.8) is 0 Å². The molecule has 0 aliphatic carbocycles. The quantitative estimate of drug-likeness (QED) is 0.368. The van der Waals surface area contributed by atoms with Crippen LogP contribution in [0.5, 0.6) is 11.5 Å². The zero-order valence-electron chi connectivity index (χ0n) is 20.0. The molecule has 1 saturated heterocycles. The van der Waals surface area contributed by atoms with E-state index in [0.29, 0.717) is 22.4 Å². The van der Waals surface area contributed by atoms with Gasteiger partial charge in [-0.05, 0) is 49.7 Å². The Morgan fingerprint density at radius 2 is 1.86 bits per heavy atom. The molecule has 0 unspecified atom stereocenters. The molecule has 2 amide bonds. The summed E-state index contributed by atoms with van der Waals surface area (Å²) < 4.78 is 10.2. The Labute approximate surface area is 207 Å². The first-order chi connectivity index (χ1) is 16.8. The van der Waals surface area contributed by atoms with Gasteiger partial charge in [0.15, 0.2) is 5.17 Å². The van der Waals surface area contributed by atoms with Crippen LogP contribution in [0.1, 0.15) is 33.1 Å². The number of amidine groups is 1. The SMILES string of the molecule is CCC[C@@H](C)N1C(=O)[C@@H](CC(=O)Nc2ccc(OC)cc2[N+](=O)[O-])SC1=Nc1ccc(OC)cc1. The Bertz CT molecular complexity index is 1120. The Kier molecular flexibility index (Phi) is 8.69. The van der Waals surface area contributed by atoms with Crippen LogP contribution in [0.15, 0.2) is 47.5 Å². The molecule has 10 nitrogen and oxygen atoms in total. The normalized spacial score (nSPS) is 17.4. The van der Waals surface area contributed by atoms with Crippen LogP contribution in [0.2, 0.25) is 0 Å². The highest BCUT2D eigenvalue weighted by Crippen LogP contribution is 2.35. The van der Waals surface area contributed by atoms with Crippen molar-refractivity contribution in [3.8, 4) is 11.5 Å². The molecule has 0 saturated carbocycles. The zero-order chi connectivity index (χ0) is 25.5. The van der Waals surface area contributed by atoms with Crippen LogP contribution in [-0.4, -0.2) is 52.3 Å². The Balaban J connectivity index is 1.80. The maximum absolute atomic E-state index is 13.3. The fourth-order valence-electron chi connectivity index (χ4n) is 3.68. The molecule has 1 heterocycles. The first kappa shape index (κ1) is 26.0. The average Bonchev–Trinajstić information content (AvgIpc) is 3.13. The predicted octanol–water partition coefficient (Wildman–Crippen LogP) is 4.76. The molecule has 0 aromatic heterocycles. The molecular formula is C24H28N4O6S. The number of nitrogens with zero attached hydrogens (tertiary/aromatic N) is 3. The predicted molar refractivity (Wildman–Crippen MR) is 136 cm³/mol. The second kappa shape index (κ2) is 11.7. The van der Waals surface area contributed by atoms with Crippen molar-refractivity contribution in [1.29, 1.82) is 0 Å². The van der Waals surface area contributed by atoms with E-state index in [9.17, 15) is 19.7 Å². The van der Waals surface area contributed by atoms with Crippen molar-refractivity contribution in [2.45, 2.75) is 44.4 Å². The number of hydrogen-bond donors (Lipinski definition) is 1. The minimum atomic E-state index is -0.691. The van der Waals surface area contributed by atoms with E-state index in [0.717, 1.165) is 12.8 Å². The summed E-state index contributed by atoms with van der Waals surface area (Å²) in [7, 11) is 2.98. The van der Waals surface area contributed by atoms with Gasteiger partial charge in [-0.2, -0.15) is 0 Å². The van der Waals surface area contributed by atoms with E-state index in [2.05, 4.69) is 10.3 Å². The molecule has 2 aromatic carbocycles. The van der Waals surface area contributed by atoms with Gasteiger partial charge in [0.2, 0.25) is 11.8 Å². The molecule has 0 radical (unpaired) electrons. The highest BCUT2D eigenvalue weighted by Gasteiger charge is 2.41. The topological polar surface area (TPSA) is 123 Å². The summed E-state index contributed by atoms with van der Waals surface area (Å²) in [5.74, 6) is 0.291. The maximum Gasteiger partial charge on any atom is 0.296 e. The minimum absolute atomic E-state index is 0.0413. The Morgan fingerprint density at radius 3 is 2.46 bits per heavy atom. The molecule has 0 spiro atoms. The Hall–Kier alpha value is -3.60. The number of hydrogen-bond acceptors (Lipinski definition) is 8. The van der Waals surface area contributed by atoms with Gasteiger partial charge in [-0.15, -0.1) is 0 Å². The number of methoxy groups -OCH3 is 2. The number of nitro benzene ring substituents is 1. The second-order valence-electron chi connectivity index (χ2n) is 7.94. The highest BCUT2D eigenvalue weighted by atomic mass is 32.2.